The van der Waals surface area contributed by atoms with Crippen LogP contribution in [-0.4, -0.2) is 46.9 Å². The topological polar surface area (TPSA) is 131 Å². The van der Waals surface area contributed by atoms with Gasteiger partial charge in [-0.3, -0.25) is 9.59 Å². The minimum Gasteiger partial charge on any atom is -0.480 e. The minimum absolute atomic E-state index is 0.238. The Kier molecular flexibility index (Phi) is 9.51. The lowest BCUT2D eigenvalue weighted by Crippen LogP contribution is -2.42. The summed E-state index contributed by atoms with van der Waals surface area (Å²) in [5.74, 6) is -2.39. The number of hydrogen-bond acceptors (Lipinski definition) is 7. The van der Waals surface area contributed by atoms with Crippen LogP contribution in [0.3, 0.4) is 0 Å². The van der Waals surface area contributed by atoms with Crippen molar-refractivity contribution in [3.05, 3.63) is 30.3 Å². The molecular formula is C17H25N2O7PS. The van der Waals surface area contributed by atoms with E-state index in [9.17, 15) is 24.1 Å². The molecule has 156 valence electrons. The summed E-state index contributed by atoms with van der Waals surface area (Å²) in [5.41, 5.74) is 0. The molecule has 1 amide bonds. The molecule has 0 saturated carbocycles. The van der Waals surface area contributed by atoms with Crippen LogP contribution in [0.4, 0.5) is 0 Å². The summed E-state index contributed by atoms with van der Waals surface area (Å²) in [6.07, 6.45) is -0.352. The van der Waals surface area contributed by atoms with Crippen LogP contribution in [0.25, 0.3) is 0 Å². The van der Waals surface area contributed by atoms with E-state index in [-0.39, 0.29) is 17.6 Å². The van der Waals surface area contributed by atoms with Crippen LogP contribution in [0.15, 0.2) is 30.3 Å². The molecule has 3 N–H and O–H groups in total. The Bertz CT molecular complexity index is 729. The SMILES string of the molecule is CC(=O)NC(CSP(=O)(NC(C)C(=O)OC(C)C)Oc1ccccc1)C(=O)O. The van der Waals surface area contributed by atoms with Gasteiger partial charge in [0.1, 0.15) is 17.8 Å². The number of carbonyl (C=O) groups excluding carboxylic acids is 2. The van der Waals surface area contributed by atoms with E-state index in [0.717, 1.165) is 0 Å². The van der Waals surface area contributed by atoms with Gasteiger partial charge >= 0.3 is 18.7 Å². The highest BCUT2D eigenvalue weighted by molar-refractivity contribution is 8.56. The summed E-state index contributed by atoms with van der Waals surface area (Å²) in [5, 5.41) is 14.1. The number of ether oxygens (including phenoxy) is 1. The number of amides is 1. The van der Waals surface area contributed by atoms with Crippen molar-refractivity contribution >= 4 is 35.9 Å². The molecule has 0 bridgehead atoms. The maximum absolute atomic E-state index is 13.3. The van der Waals surface area contributed by atoms with Gasteiger partial charge in [0.2, 0.25) is 5.91 Å². The third-order valence-corrected chi connectivity index (χ3v) is 7.10. The molecule has 11 heteroatoms. The molecule has 3 atom stereocenters. The van der Waals surface area contributed by atoms with E-state index in [2.05, 4.69) is 10.4 Å². The van der Waals surface area contributed by atoms with Gasteiger partial charge in [0, 0.05) is 12.7 Å². The molecule has 0 aliphatic rings. The first-order valence-electron chi connectivity index (χ1n) is 8.50. The Morgan fingerprint density at radius 2 is 1.79 bits per heavy atom. The smallest absolute Gasteiger partial charge is 0.375 e. The van der Waals surface area contributed by atoms with Crippen LogP contribution in [-0.2, 0) is 23.7 Å². The number of esters is 1. The Labute approximate surface area is 167 Å². The fraction of sp³-hybridized carbons (Fsp3) is 0.471. The maximum atomic E-state index is 13.3. The zero-order valence-electron chi connectivity index (χ0n) is 16.1. The van der Waals surface area contributed by atoms with Crippen molar-refractivity contribution in [3.63, 3.8) is 0 Å². The summed E-state index contributed by atoms with van der Waals surface area (Å²) < 4.78 is 24.0. The number of carboxylic acid groups (broad SMARTS) is 1. The van der Waals surface area contributed by atoms with Gasteiger partial charge in [-0.1, -0.05) is 18.2 Å². The molecule has 1 aromatic rings. The Hall–Kier alpha value is -2.03. The zero-order valence-corrected chi connectivity index (χ0v) is 17.8. The molecule has 0 spiro atoms. The second kappa shape index (κ2) is 11.1. The molecule has 0 saturated heterocycles. The molecule has 0 radical (unpaired) electrons. The Morgan fingerprint density at radius 3 is 2.29 bits per heavy atom. The first-order chi connectivity index (χ1) is 13.0. The largest absolute Gasteiger partial charge is 0.480 e. The molecule has 0 aliphatic carbocycles. The fourth-order valence-corrected chi connectivity index (χ4v) is 5.81. The van der Waals surface area contributed by atoms with Crippen molar-refractivity contribution in [1.29, 1.82) is 0 Å². The van der Waals surface area contributed by atoms with E-state index in [1.165, 1.54) is 13.8 Å². The van der Waals surface area contributed by atoms with Crippen molar-refractivity contribution in [3.8, 4) is 5.75 Å². The molecule has 28 heavy (non-hydrogen) atoms. The molecule has 3 unspecified atom stereocenters. The third kappa shape index (κ3) is 8.77. The van der Waals surface area contributed by atoms with E-state index in [1.807, 2.05) is 0 Å². The van der Waals surface area contributed by atoms with Gasteiger partial charge in [0.15, 0.2) is 0 Å². The quantitative estimate of drug-likeness (QED) is 0.356. The van der Waals surface area contributed by atoms with Crippen LogP contribution < -0.4 is 14.9 Å². The molecule has 1 rings (SSSR count). The average Bonchev–Trinajstić information content (AvgIpc) is 2.58. The molecule has 9 nitrogen and oxygen atoms in total. The van der Waals surface area contributed by atoms with E-state index in [0.29, 0.717) is 11.4 Å². The summed E-state index contributed by atoms with van der Waals surface area (Å²) in [6.45, 7) is 2.24. The number of para-hydroxylation sites is 1. The van der Waals surface area contributed by atoms with Crippen molar-refractivity contribution in [2.45, 2.75) is 45.9 Å². The van der Waals surface area contributed by atoms with Crippen molar-refractivity contribution < 1.29 is 33.3 Å². The molecular weight excluding hydrogens is 407 g/mol. The molecule has 0 aliphatic heterocycles. The predicted molar refractivity (Wildman–Crippen MR) is 106 cm³/mol. The maximum Gasteiger partial charge on any atom is 0.375 e. The van der Waals surface area contributed by atoms with Gasteiger partial charge in [0.05, 0.1) is 6.10 Å². The number of carboxylic acids is 1. The molecule has 0 fully saturated rings. The highest BCUT2D eigenvalue weighted by Crippen LogP contribution is 2.56. The molecule has 1 aromatic carbocycles. The van der Waals surface area contributed by atoms with Crippen molar-refractivity contribution in [2.75, 3.05) is 5.75 Å². The highest BCUT2D eigenvalue weighted by Gasteiger charge is 2.34. The molecule has 0 heterocycles. The lowest BCUT2D eigenvalue weighted by atomic mass is 10.3. The van der Waals surface area contributed by atoms with Crippen LogP contribution in [0.5, 0.6) is 5.75 Å². The van der Waals surface area contributed by atoms with Gasteiger partial charge in [-0.2, -0.15) is 0 Å². The standard InChI is InChI=1S/C17H25N2O7PS/c1-11(2)25-17(23)12(3)19-27(24,26-14-8-6-5-7-9-14)28-10-15(16(21)22)18-13(4)20/h5-9,11-12,15H,10H2,1-4H3,(H,18,20)(H,19,24)(H,21,22). The number of aliphatic carboxylic acids is 1. The number of rotatable bonds is 11. The third-order valence-electron chi connectivity index (χ3n) is 3.11. The Morgan fingerprint density at radius 1 is 1.18 bits per heavy atom. The Balaban J connectivity index is 2.96. The minimum atomic E-state index is -3.78. The average molecular weight is 432 g/mol. The van der Waals surface area contributed by atoms with Crippen molar-refractivity contribution in [1.82, 2.24) is 10.4 Å². The molecule has 0 aromatic heterocycles. The van der Waals surface area contributed by atoms with Crippen molar-refractivity contribution in [2.24, 2.45) is 0 Å². The zero-order chi connectivity index (χ0) is 21.3. The first kappa shape index (κ1) is 24.0. The van der Waals surface area contributed by atoms with Gasteiger partial charge in [-0.05, 0) is 44.3 Å². The van der Waals surface area contributed by atoms with E-state index >= 15 is 0 Å². The van der Waals surface area contributed by atoms with Gasteiger partial charge in [-0.25, -0.2) is 14.4 Å². The normalized spacial score (nSPS) is 15.2. The highest BCUT2D eigenvalue weighted by atomic mass is 32.7. The van der Waals surface area contributed by atoms with Crippen LogP contribution in [0.1, 0.15) is 27.7 Å². The number of benzene rings is 1. The monoisotopic (exact) mass is 432 g/mol. The summed E-state index contributed by atoms with van der Waals surface area (Å²) >= 11 is 0.681. The number of carbonyl (C=O) groups is 3. The van der Waals surface area contributed by atoms with Gasteiger partial charge < -0.3 is 19.7 Å². The first-order valence-corrected chi connectivity index (χ1v) is 11.7. The lowest BCUT2D eigenvalue weighted by molar-refractivity contribution is -0.149. The van der Waals surface area contributed by atoms with Gasteiger partial charge in [-0.15, -0.1) is 0 Å². The number of nitrogens with one attached hydrogen (secondary N) is 2. The summed E-state index contributed by atoms with van der Waals surface area (Å²) in [4.78, 5) is 34.5. The van der Waals surface area contributed by atoms with Crippen LogP contribution in [0.2, 0.25) is 0 Å². The predicted octanol–water partition coefficient (Wildman–Crippen LogP) is 2.43. The van der Waals surface area contributed by atoms with Crippen LogP contribution >= 0.6 is 18.1 Å². The fourth-order valence-electron chi connectivity index (χ4n) is 1.93. The second-order valence-electron chi connectivity index (χ2n) is 6.13. The second-order valence-corrected chi connectivity index (χ2v) is 10.4. The van der Waals surface area contributed by atoms with E-state index < -0.39 is 36.7 Å². The van der Waals surface area contributed by atoms with E-state index in [4.69, 9.17) is 9.26 Å². The lowest BCUT2D eigenvalue weighted by Gasteiger charge is -2.24. The van der Waals surface area contributed by atoms with Crippen LogP contribution in [0, 0.1) is 0 Å². The summed E-state index contributed by atoms with van der Waals surface area (Å²) in [7, 11) is 0. The van der Waals surface area contributed by atoms with E-state index in [1.54, 1.807) is 44.2 Å². The van der Waals surface area contributed by atoms with Gasteiger partial charge in [0.25, 0.3) is 0 Å². The number of hydrogen-bond donors (Lipinski definition) is 3. The summed E-state index contributed by atoms with van der Waals surface area (Å²) in [6, 6.07) is 6.03.